The lowest BCUT2D eigenvalue weighted by Crippen LogP contribution is -2.49. The van der Waals surface area contributed by atoms with Crippen molar-refractivity contribution in [3.63, 3.8) is 0 Å². The van der Waals surface area contributed by atoms with Crippen LogP contribution in [0.4, 0.5) is 4.39 Å². The molecule has 0 spiro atoms. The topological polar surface area (TPSA) is 15.3 Å². The second kappa shape index (κ2) is 4.91. The van der Waals surface area contributed by atoms with E-state index in [1.54, 1.807) is 0 Å². The lowest BCUT2D eigenvalue weighted by molar-refractivity contribution is 0.0711. The van der Waals surface area contributed by atoms with Crippen LogP contribution in [0.2, 0.25) is 0 Å². The third-order valence-electron chi connectivity index (χ3n) is 2.82. The highest BCUT2D eigenvalue weighted by Crippen LogP contribution is 2.21. The monoisotopic (exact) mass is 188 g/mol. The molecule has 3 heteroatoms. The molecule has 1 fully saturated rings. The van der Waals surface area contributed by atoms with E-state index >= 15 is 0 Å². The standard InChI is InChI=1S/C10H21FN2/c1-3-13(4-2)9-10(11)6-5-7-12-8-10/h12H,3-9H2,1-2H3. The molecule has 2 nitrogen and oxygen atoms in total. The Morgan fingerprint density at radius 3 is 2.54 bits per heavy atom. The maximum Gasteiger partial charge on any atom is 0.136 e. The fourth-order valence-electron chi connectivity index (χ4n) is 1.91. The summed E-state index contributed by atoms with van der Waals surface area (Å²) in [6, 6.07) is 0. The molecule has 1 aliphatic rings. The molecule has 0 aromatic heterocycles. The molecule has 1 atom stereocenters. The number of nitrogens with zero attached hydrogens (tertiary/aromatic N) is 1. The van der Waals surface area contributed by atoms with Crippen molar-refractivity contribution in [2.24, 2.45) is 0 Å². The van der Waals surface area contributed by atoms with Crippen LogP contribution in [-0.2, 0) is 0 Å². The van der Waals surface area contributed by atoms with Crippen molar-refractivity contribution in [3.05, 3.63) is 0 Å². The van der Waals surface area contributed by atoms with Crippen molar-refractivity contribution < 1.29 is 4.39 Å². The van der Waals surface area contributed by atoms with Crippen LogP contribution in [0.25, 0.3) is 0 Å². The molecule has 13 heavy (non-hydrogen) atoms. The summed E-state index contributed by atoms with van der Waals surface area (Å²) < 4.78 is 14.1. The lowest BCUT2D eigenvalue weighted by atomic mass is 9.95. The molecule has 0 bridgehead atoms. The van der Waals surface area contributed by atoms with Crippen LogP contribution in [0.15, 0.2) is 0 Å². The maximum atomic E-state index is 14.1. The first-order chi connectivity index (χ1) is 6.20. The van der Waals surface area contributed by atoms with Gasteiger partial charge in [-0.25, -0.2) is 4.39 Å². The van der Waals surface area contributed by atoms with E-state index in [1.807, 2.05) is 0 Å². The maximum absolute atomic E-state index is 14.1. The van der Waals surface area contributed by atoms with Gasteiger partial charge < -0.3 is 10.2 Å². The second-order valence-corrected chi connectivity index (χ2v) is 3.89. The number of nitrogens with one attached hydrogen (secondary N) is 1. The van der Waals surface area contributed by atoms with Crippen LogP contribution in [0.3, 0.4) is 0 Å². The minimum absolute atomic E-state index is 0.531. The van der Waals surface area contributed by atoms with E-state index in [0.717, 1.165) is 32.5 Å². The number of hydrogen-bond acceptors (Lipinski definition) is 2. The zero-order valence-corrected chi connectivity index (χ0v) is 8.77. The Bertz CT molecular complexity index is 140. The van der Waals surface area contributed by atoms with Gasteiger partial charge in [-0.05, 0) is 32.5 Å². The molecule has 0 aromatic rings. The predicted molar refractivity (Wildman–Crippen MR) is 53.7 cm³/mol. The minimum Gasteiger partial charge on any atom is -0.313 e. The van der Waals surface area contributed by atoms with Gasteiger partial charge in [-0.1, -0.05) is 13.8 Å². The van der Waals surface area contributed by atoms with Crippen molar-refractivity contribution >= 4 is 0 Å². The van der Waals surface area contributed by atoms with Gasteiger partial charge in [0.05, 0.1) is 0 Å². The molecule has 0 aromatic carbocycles. The Hall–Kier alpha value is -0.150. The van der Waals surface area contributed by atoms with Crippen LogP contribution < -0.4 is 5.32 Å². The van der Waals surface area contributed by atoms with Gasteiger partial charge in [0.1, 0.15) is 5.67 Å². The van der Waals surface area contributed by atoms with Gasteiger partial charge in [-0.15, -0.1) is 0 Å². The average Bonchev–Trinajstić information content (AvgIpc) is 2.15. The van der Waals surface area contributed by atoms with Gasteiger partial charge in [0.25, 0.3) is 0 Å². The zero-order chi connectivity index (χ0) is 9.73. The summed E-state index contributed by atoms with van der Waals surface area (Å²) in [6.45, 7) is 8.16. The summed E-state index contributed by atoms with van der Waals surface area (Å²) in [7, 11) is 0. The van der Waals surface area contributed by atoms with E-state index in [9.17, 15) is 4.39 Å². The number of rotatable bonds is 4. The highest BCUT2D eigenvalue weighted by atomic mass is 19.1. The molecular formula is C10H21FN2. The van der Waals surface area contributed by atoms with Crippen molar-refractivity contribution in [1.82, 2.24) is 10.2 Å². The van der Waals surface area contributed by atoms with Gasteiger partial charge in [0.2, 0.25) is 0 Å². The molecule has 0 radical (unpaired) electrons. The summed E-state index contributed by atoms with van der Waals surface area (Å²) in [5.74, 6) is 0. The van der Waals surface area contributed by atoms with Crippen molar-refractivity contribution in [2.75, 3.05) is 32.7 Å². The molecule has 1 aliphatic heterocycles. The molecular weight excluding hydrogens is 167 g/mol. The van der Waals surface area contributed by atoms with E-state index in [0.29, 0.717) is 13.1 Å². The third-order valence-corrected chi connectivity index (χ3v) is 2.82. The highest BCUT2D eigenvalue weighted by Gasteiger charge is 2.32. The molecule has 0 amide bonds. The summed E-state index contributed by atoms with van der Waals surface area (Å²) >= 11 is 0. The van der Waals surface area contributed by atoms with E-state index < -0.39 is 5.67 Å². The summed E-state index contributed by atoms with van der Waals surface area (Å²) in [5.41, 5.74) is -0.982. The van der Waals surface area contributed by atoms with Crippen LogP contribution in [0.1, 0.15) is 26.7 Å². The molecule has 1 N–H and O–H groups in total. The first-order valence-electron chi connectivity index (χ1n) is 5.32. The molecule has 0 saturated carbocycles. The van der Waals surface area contributed by atoms with Crippen molar-refractivity contribution in [3.8, 4) is 0 Å². The number of alkyl halides is 1. The largest absolute Gasteiger partial charge is 0.313 e. The van der Waals surface area contributed by atoms with Gasteiger partial charge in [-0.2, -0.15) is 0 Å². The highest BCUT2D eigenvalue weighted by molar-refractivity contribution is 4.88. The van der Waals surface area contributed by atoms with Crippen molar-refractivity contribution in [2.45, 2.75) is 32.4 Å². The van der Waals surface area contributed by atoms with Gasteiger partial charge in [0.15, 0.2) is 0 Å². The smallest absolute Gasteiger partial charge is 0.136 e. The Kier molecular flexibility index (Phi) is 4.13. The second-order valence-electron chi connectivity index (χ2n) is 3.89. The average molecular weight is 188 g/mol. The summed E-state index contributed by atoms with van der Waals surface area (Å²) in [4.78, 5) is 2.16. The third kappa shape index (κ3) is 3.24. The quantitative estimate of drug-likeness (QED) is 0.718. The van der Waals surface area contributed by atoms with Crippen LogP contribution in [-0.4, -0.2) is 43.3 Å². The summed E-state index contributed by atoms with van der Waals surface area (Å²) in [6.07, 6.45) is 1.69. The normalized spacial score (nSPS) is 29.5. The molecule has 0 aliphatic carbocycles. The molecule has 78 valence electrons. The molecule has 1 unspecified atom stereocenters. The first-order valence-corrected chi connectivity index (χ1v) is 5.32. The zero-order valence-electron chi connectivity index (χ0n) is 8.77. The molecule has 1 rings (SSSR count). The fourth-order valence-corrected chi connectivity index (χ4v) is 1.91. The first kappa shape index (κ1) is 10.9. The Labute approximate surface area is 80.5 Å². The number of piperidine rings is 1. The van der Waals surface area contributed by atoms with Crippen LogP contribution >= 0.6 is 0 Å². The number of halogens is 1. The summed E-state index contributed by atoms with van der Waals surface area (Å²) in [5, 5.41) is 3.13. The number of hydrogen-bond donors (Lipinski definition) is 1. The van der Waals surface area contributed by atoms with Crippen LogP contribution in [0, 0.1) is 0 Å². The minimum atomic E-state index is -0.982. The molecule has 1 heterocycles. The predicted octanol–water partition coefficient (Wildman–Crippen LogP) is 1.42. The Morgan fingerprint density at radius 2 is 2.08 bits per heavy atom. The van der Waals surface area contributed by atoms with Gasteiger partial charge >= 0.3 is 0 Å². The van der Waals surface area contributed by atoms with E-state index in [2.05, 4.69) is 24.1 Å². The SMILES string of the molecule is CCN(CC)CC1(F)CCCNC1. The van der Waals surface area contributed by atoms with Crippen LogP contribution in [0.5, 0.6) is 0 Å². The lowest BCUT2D eigenvalue weighted by Gasteiger charge is -2.34. The van der Waals surface area contributed by atoms with E-state index in [4.69, 9.17) is 0 Å². The van der Waals surface area contributed by atoms with E-state index in [1.165, 1.54) is 0 Å². The van der Waals surface area contributed by atoms with E-state index in [-0.39, 0.29) is 0 Å². The van der Waals surface area contributed by atoms with Gasteiger partial charge in [0, 0.05) is 13.1 Å². The Balaban J connectivity index is 2.39. The van der Waals surface area contributed by atoms with Gasteiger partial charge in [-0.3, -0.25) is 0 Å². The van der Waals surface area contributed by atoms with Crippen molar-refractivity contribution in [1.29, 1.82) is 0 Å². The molecule has 1 saturated heterocycles. The fraction of sp³-hybridized carbons (Fsp3) is 1.00. The Morgan fingerprint density at radius 1 is 1.38 bits per heavy atom.